The molecule has 0 amide bonds. The number of aromatic nitrogens is 1. The predicted octanol–water partition coefficient (Wildman–Crippen LogP) is 3.40. The Morgan fingerprint density at radius 3 is 2.53 bits per heavy atom. The van der Waals surface area contributed by atoms with E-state index in [4.69, 9.17) is 0 Å². The van der Waals surface area contributed by atoms with Crippen LogP contribution in [0, 0.1) is 5.92 Å². The van der Waals surface area contributed by atoms with Crippen LogP contribution in [0.15, 0.2) is 11.6 Å². The molecule has 86 valence electrons. The fourth-order valence-electron chi connectivity index (χ4n) is 1.58. The summed E-state index contributed by atoms with van der Waals surface area (Å²) < 4.78 is 0. The van der Waals surface area contributed by atoms with E-state index in [1.807, 2.05) is 11.6 Å². The summed E-state index contributed by atoms with van der Waals surface area (Å²) in [6.45, 7) is 10.0. The van der Waals surface area contributed by atoms with E-state index in [1.54, 1.807) is 11.3 Å². The molecule has 1 aromatic rings. The molecule has 0 atom stereocenters. The first-order valence-electron chi connectivity index (χ1n) is 5.75. The summed E-state index contributed by atoms with van der Waals surface area (Å²) in [5.41, 5.74) is 0.0107. The molecule has 0 radical (unpaired) electrons. The summed E-state index contributed by atoms with van der Waals surface area (Å²) in [5.74, 6) is 0.782. The number of nitrogens with one attached hydrogen (secondary N) is 1. The van der Waals surface area contributed by atoms with Gasteiger partial charge in [0.15, 0.2) is 0 Å². The third-order valence-electron chi connectivity index (χ3n) is 2.95. The van der Waals surface area contributed by atoms with Crippen LogP contribution < -0.4 is 5.32 Å². The fraction of sp³-hybridized carbons (Fsp3) is 0.750. The van der Waals surface area contributed by atoms with Gasteiger partial charge in [0, 0.05) is 11.6 Å². The largest absolute Gasteiger partial charge is 0.306 e. The van der Waals surface area contributed by atoms with E-state index in [1.165, 1.54) is 17.8 Å². The topological polar surface area (TPSA) is 24.9 Å². The summed E-state index contributed by atoms with van der Waals surface area (Å²) in [6, 6.07) is 0. The van der Waals surface area contributed by atoms with Crippen molar-refractivity contribution in [2.45, 2.75) is 46.1 Å². The average molecular weight is 226 g/mol. The van der Waals surface area contributed by atoms with Gasteiger partial charge in [0.2, 0.25) is 0 Å². The van der Waals surface area contributed by atoms with Crippen molar-refractivity contribution in [3.63, 3.8) is 0 Å². The number of rotatable bonds is 6. The molecule has 0 unspecified atom stereocenters. The van der Waals surface area contributed by atoms with E-state index in [-0.39, 0.29) is 5.54 Å². The molecule has 1 aromatic heterocycles. The smallest absolute Gasteiger partial charge is 0.112 e. The fourth-order valence-corrected chi connectivity index (χ4v) is 2.32. The zero-order chi connectivity index (χ0) is 11.3. The van der Waals surface area contributed by atoms with Crippen LogP contribution in [-0.2, 0) is 5.54 Å². The second kappa shape index (κ2) is 5.61. The van der Waals surface area contributed by atoms with Gasteiger partial charge >= 0.3 is 0 Å². The van der Waals surface area contributed by atoms with Crippen molar-refractivity contribution >= 4 is 11.3 Å². The zero-order valence-corrected chi connectivity index (χ0v) is 11.0. The minimum Gasteiger partial charge on any atom is -0.306 e. The van der Waals surface area contributed by atoms with Crippen LogP contribution >= 0.6 is 11.3 Å². The van der Waals surface area contributed by atoms with Crippen LogP contribution in [-0.4, -0.2) is 11.5 Å². The third-order valence-corrected chi connectivity index (χ3v) is 4.05. The van der Waals surface area contributed by atoms with Gasteiger partial charge in [0.05, 0.1) is 5.54 Å². The van der Waals surface area contributed by atoms with Crippen LogP contribution in [0.5, 0.6) is 0 Å². The molecule has 1 heterocycles. The van der Waals surface area contributed by atoms with Crippen molar-refractivity contribution in [1.29, 1.82) is 0 Å². The predicted molar refractivity (Wildman–Crippen MR) is 67.2 cm³/mol. The lowest BCUT2D eigenvalue weighted by Crippen LogP contribution is -2.39. The average Bonchev–Trinajstić information content (AvgIpc) is 2.72. The molecule has 0 saturated heterocycles. The molecule has 0 aliphatic carbocycles. The molecule has 1 rings (SSSR count). The first-order chi connectivity index (χ1) is 7.10. The normalized spacial score (nSPS) is 12.3. The number of nitrogens with zero attached hydrogens (tertiary/aromatic N) is 1. The van der Waals surface area contributed by atoms with E-state index < -0.39 is 0 Å². The second-order valence-corrected chi connectivity index (χ2v) is 5.42. The standard InChI is InChI=1S/C12H22N2S/c1-5-10(6-2)9-14-12(3,4)11-13-7-8-15-11/h7-8,10,14H,5-6,9H2,1-4H3. The van der Waals surface area contributed by atoms with Crippen LogP contribution in [0.4, 0.5) is 0 Å². The molecule has 0 aliphatic rings. The first-order valence-corrected chi connectivity index (χ1v) is 6.63. The van der Waals surface area contributed by atoms with E-state index in [0.717, 1.165) is 12.5 Å². The van der Waals surface area contributed by atoms with Gasteiger partial charge in [-0.05, 0) is 26.3 Å². The molecular weight excluding hydrogens is 204 g/mol. The van der Waals surface area contributed by atoms with E-state index in [2.05, 4.69) is 38.0 Å². The van der Waals surface area contributed by atoms with Gasteiger partial charge in [-0.15, -0.1) is 11.3 Å². The molecule has 0 fully saturated rings. The van der Waals surface area contributed by atoms with Gasteiger partial charge in [-0.25, -0.2) is 4.98 Å². The summed E-state index contributed by atoms with van der Waals surface area (Å²) in [6.07, 6.45) is 4.37. The number of hydrogen-bond donors (Lipinski definition) is 1. The molecule has 0 aromatic carbocycles. The van der Waals surface area contributed by atoms with Crippen molar-refractivity contribution in [3.05, 3.63) is 16.6 Å². The van der Waals surface area contributed by atoms with Gasteiger partial charge in [0.1, 0.15) is 5.01 Å². The van der Waals surface area contributed by atoms with Gasteiger partial charge in [-0.1, -0.05) is 26.7 Å². The summed E-state index contributed by atoms with van der Waals surface area (Å²) >= 11 is 1.72. The lowest BCUT2D eigenvalue weighted by atomic mass is 10.0. The van der Waals surface area contributed by atoms with Crippen molar-refractivity contribution in [3.8, 4) is 0 Å². The Hall–Kier alpha value is -0.410. The minimum absolute atomic E-state index is 0.0107. The molecule has 0 spiro atoms. The molecule has 3 heteroatoms. The molecule has 0 aliphatic heterocycles. The van der Waals surface area contributed by atoms with Crippen molar-refractivity contribution in [2.75, 3.05) is 6.54 Å². The summed E-state index contributed by atoms with van der Waals surface area (Å²) in [7, 11) is 0. The van der Waals surface area contributed by atoms with Crippen LogP contribution in [0.3, 0.4) is 0 Å². The Bertz CT molecular complexity index is 263. The monoisotopic (exact) mass is 226 g/mol. The highest BCUT2D eigenvalue weighted by molar-refractivity contribution is 7.09. The van der Waals surface area contributed by atoms with E-state index in [0.29, 0.717) is 0 Å². The lowest BCUT2D eigenvalue weighted by Gasteiger charge is -2.26. The van der Waals surface area contributed by atoms with Crippen LogP contribution in [0.2, 0.25) is 0 Å². The molecule has 15 heavy (non-hydrogen) atoms. The van der Waals surface area contributed by atoms with Crippen LogP contribution in [0.1, 0.15) is 45.5 Å². The highest BCUT2D eigenvalue weighted by Crippen LogP contribution is 2.22. The number of hydrogen-bond acceptors (Lipinski definition) is 3. The summed E-state index contributed by atoms with van der Waals surface area (Å²) in [5, 5.41) is 6.82. The van der Waals surface area contributed by atoms with Crippen LogP contribution in [0.25, 0.3) is 0 Å². The maximum Gasteiger partial charge on any atom is 0.112 e. The number of thiazole rings is 1. The summed E-state index contributed by atoms with van der Waals surface area (Å²) in [4.78, 5) is 4.37. The second-order valence-electron chi connectivity index (χ2n) is 4.53. The molecule has 1 N–H and O–H groups in total. The Balaban J connectivity index is 2.50. The first kappa shape index (κ1) is 12.7. The van der Waals surface area contributed by atoms with Gasteiger partial charge < -0.3 is 5.32 Å². The SMILES string of the molecule is CCC(CC)CNC(C)(C)c1nccs1. The maximum atomic E-state index is 4.37. The Kier molecular flexibility index (Phi) is 4.74. The van der Waals surface area contributed by atoms with Crippen molar-refractivity contribution < 1.29 is 0 Å². The lowest BCUT2D eigenvalue weighted by molar-refractivity contribution is 0.343. The Morgan fingerprint density at radius 2 is 2.07 bits per heavy atom. The Labute approximate surface area is 97.1 Å². The molecule has 0 saturated carbocycles. The van der Waals surface area contributed by atoms with Gasteiger partial charge in [0.25, 0.3) is 0 Å². The van der Waals surface area contributed by atoms with Gasteiger partial charge in [-0.2, -0.15) is 0 Å². The minimum atomic E-state index is 0.0107. The van der Waals surface area contributed by atoms with Crippen molar-refractivity contribution in [1.82, 2.24) is 10.3 Å². The third kappa shape index (κ3) is 3.58. The molecule has 2 nitrogen and oxygen atoms in total. The molecule has 0 bridgehead atoms. The van der Waals surface area contributed by atoms with E-state index in [9.17, 15) is 0 Å². The van der Waals surface area contributed by atoms with Gasteiger partial charge in [-0.3, -0.25) is 0 Å². The van der Waals surface area contributed by atoms with E-state index >= 15 is 0 Å². The highest BCUT2D eigenvalue weighted by Gasteiger charge is 2.23. The van der Waals surface area contributed by atoms with Crippen molar-refractivity contribution in [2.24, 2.45) is 5.92 Å². The quantitative estimate of drug-likeness (QED) is 0.804. The Morgan fingerprint density at radius 1 is 1.40 bits per heavy atom. The molecular formula is C12H22N2S. The maximum absolute atomic E-state index is 4.37. The zero-order valence-electron chi connectivity index (χ0n) is 10.2. The highest BCUT2D eigenvalue weighted by atomic mass is 32.1.